The number of para-hydroxylation sites is 1. The summed E-state index contributed by atoms with van der Waals surface area (Å²) in [4.78, 5) is 33.7. The van der Waals surface area contributed by atoms with E-state index < -0.39 is 5.72 Å². The highest BCUT2D eigenvalue weighted by Crippen LogP contribution is 2.36. The van der Waals surface area contributed by atoms with Gasteiger partial charge in [-0.05, 0) is 43.5 Å². The van der Waals surface area contributed by atoms with Gasteiger partial charge in [-0.25, -0.2) is 4.98 Å². The molecule has 3 heterocycles. The lowest BCUT2D eigenvalue weighted by atomic mass is 9.96. The van der Waals surface area contributed by atoms with Gasteiger partial charge in [0.25, 0.3) is 11.8 Å². The van der Waals surface area contributed by atoms with Crippen LogP contribution in [0.3, 0.4) is 0 Å². The first kappa shape index (κ1) is 23.3. The summed E-state index contributed by atoms with van der Waals surface area (Å²) in [6, 6.07) is 12.8. The number of likely N-dealkylation sites (tertiary alicyclic amines) is 1. The van der Waals surface area contributed by atoms with Gasteiger partial charge in [-0.1, -0.05) is 6.07 Å². The van der Waals surface area contributed by atoms with Gasteiger partial charge in [0.1, 0.15) is 22.9 Å². The van der Waals surface area contributed by atoms with Gasteiger partial charge in [0.15, 0.2) is 5.72 Å². The zero-order chi connectivity index (χ0) is 24.6. The van der Waals surface area contributed by atoms with Crippen LogP contribution in [-0.2, 0) is 0 Å². The lowest BCUT2D eigenvalue weighted by Gasteiger charge is -2.44. The van der Waals surface area contributed by atoms with Crippen molar-refractivity contribution in [3.8, 4) is 17.2 Å². The SMILES string of the molecule is CCOc1ccc2c(c1)C(=O)NC1(CCN(C(=O)c3cc(OC)c4cccc(SC)c4n3)CC1)O2. The molecular weight excluding hydrogens is 466 g/mol. The number of pyridine rings is 1. The molecule has 1 saturated heterocycles. The maximum absolute atomic E-state index is 13.4. The van der Waals surface area contributed by atoms with Gasteiger partial charge < -0.3 is 24.4 Å². The summed E-state index contributed by atoms with van der Waals surface area (Å²) < 4.78 is 17.3. The van der Waals surface area contributed by atoms with Crippen LogP contribution in [0, 0.1) is 0 Å². The van der Waals surface area contributed by atoms with Gasteiger partial charge >= 0.3 is 0 Å². The van der Waals surface area contributed by atoms with E-state index in [-0.39, 0.29) is 11.8 Å². The van der Waals surface area contributed by atoms with Gasteiger partial charge in [-0.15, -0.1) is 11.8 Å². The minimum Gasteiger partial charge on any atom is -0.496 e. The minimum absolute atomic E-state index is 0.167. The highest BCUT2D eigenvalue weighted by atomic mass is 32.2. The van der Waals surface area contributed by atoms with Crippen molar-refractivity contribution in [2.24, 2.45) is 0 Å². The maximum atomic E-state index is 13.4. The van der Waals surface area contributed by atoms with Gasteiger partial charge in [0, 0.05) is 42.3 Å². The fourth-order valence-corrected chi connectivity index (χ4v) is 5.20. The monoisotopic (exact) mass is 493 g/mol. The largest absolute Gasteiger partial charge is 0.496 e. The van der Waals surface area contributed by atoms with E-state index in [1.807, 2.05) is 31.4 Å². The van der Waals surface area contributed by atoms with Gasteiger partial charge in [0.05, 0.1) is 24.8 Å². The predicted octanol–water partition coefficient (Wildman–Crippen LogP) is 4.12. The van der Waals surface area contributed by atoms with Crippen LogP contribution in [-0.4, -0.2) is 60.5 Å². The van der Waals surface area contributed by atoms with Crippen LogP contribution in [0.15, 0.2) is 47.4 Å². The lowest BCUT2D eigenvalue weighted by Crippen LogP contribution is -2.61. The first-order chi connectivity index (χ1) is 17.0. The molecule has 0 bridgehead atoms. The second-order valence-corrected chi connectivity index (χ2v) is 9.35. The number of hydrogen-bond donors (Lipinski definition) is 1. The van der Waals surface area contributed by atoms with E-state index >= 15 is 0 Å². The molecule has 2 amide bonds. The zero-order valence-corrected chi connectivity index (χ0v) is 20.7. The second-order valence-electron chi connectivity index (χ2n) is 8.50. The van der Waals surface area contributed by atoms with E-state index in [1.165, 1.54) is 0 Å². The molecule has 2 aromatic carbocycles. The molecule has 1 aromatic heterocycles. The van der Waals surface area contributed by atoms with Gasteiger partial charge in [0.2, 0.25) is 0 Å². The Morgan fingerprint density at radius 1 is 1.23 bits per heavy atom. The Hall–Kier alpha value is -3.46. The Kier molecular flexibility index (Phi) is 6.19. The number of thioether (sulfide) groups is 1. The zero-order valence-electron chi connectivity index (χ0n) is 19.9. The highest BCUT2D eigenvalue weighted by molar-refractivity contribution is 7.98. The molecule has 0 atom stereocenters. The van der Waals surface area contributed by atoms with Crippen LogP contribution in [0.2, 0.25) is 0 Å². The van der Waals surface area contributed by atoms with Crippen LogP contribution in [0.5, 0.6) is 17.2 Å². The van der Waals surface area contributed by atoms with Gasteiger partial charge in [-0.2, -0.15) is 0 Å². The van der Waals surface area contributed by atoms with E-state index in [0.717, 1.165) is 15.8 Å². The number of ether oxygens (including phenoxy) is 3. The number of methoxy groups -OCH3 is 1. The molecule has 1 N–H and O–H groups in total. The number of benzene rings is 2. The van der Waals surface area contributed by atoms with Crippen molar-refractivity contribution in [1.29, 1.82) is 0 Å². The Labute approximate surface area is 207 Å². The molecule has 2 aliphatic rings. The van der Waals surface area contributed by atoms with Crippen molar-refractivity contribution in [3.05, 3.63) is 53.7 Å². The number of rotatable bonds is 5. The molecule has 3 aromatic rings. The first-order valence-electron chi connectivity index (χ1n) is 11.6. The van der Waals surface area contributed by atoms with Crippen LogP contribution in [0.4, 0.5) is 0 Å². The highest BCUT2D eigenvalue weighted by Gasteiger charge is 2.43. The number of hydrogen-bond acceptors (Lipinski definition) is 7. The van der Waals surface area contributed by atoms with Crippen molar-refractivity contribution in [3.63, 3.8) is 0 Å². The molecule has 8 nitrogen and oxygen atoms in total. The maximum Gasteiger partial charge on any atom is 0.272 e. The third-order valence-corrected chi connectivity index (χ3v) is 7.20. The summed E-state index contributed by atoms with van der Waals surface area (Å²) in [5, 5.41) is 3.89. The normalized spacial score (nSPS) is 16.4. The topological polar surface area (TPSA) is 90.0 Å². The van der Waals surface area contributed by atoms with Crippen molar-refractivity contribution in [2.45, 2.75) is 30.4 Å². The van der Waals surface area contributed by atoms with Crippen molar-refractivity contribution >= 4 is 34.5 Å². The molecule has 0 saturated carbocycles. The third kappa shape index (κ3) is 4.25. The minimum atomic E-state index is -0.839. The summed E-state index contributed by atoms with van der Waals surface area (Å²) in [5.41, 5.74) is 0.711. The van der Waals surface area contributed by atoms with Crippen molar-refractivity contribution < 1.29 is 23.8 Å². The smallest absolute Gasteiger partial charge is 0.272 e. The van der Waals surface area contributed by atoms with E-state index in [1.54, 1.807) is 48.0 Å². The number of carbonyl (C=O) groups is 2. The van der Waals surface area contributed by atoms with Crippen LogP contribution in [0.25, 0.3) is 10.9 Å². The summed E-state index contributed by atoms with van der Waals surface area (Å²) in [6.07, 6.45) is 2.92. The standard InChI is InChI=1S/C26H27N3O5S/c1-4-33-16-8-9-20-18(14-16)24(30)28-26(34-20)10-12-29(13-11-26)25(31)19-15-21(32-2)17-6-5-7-22(35-3)23(17)27-19/h5-9,14-15H,4,10-13H2,1-3H3,(H,28,30). The molecule has 9 heteroatoms. The quantitative estimate of drug-likeness (QED) is 0.535. The number of piperidine rings is 1. The average molecular weight is 494 g/mol. The van der Waals surface area contributed by atoms with E-state index in [4.69, 9.17) is 19.2 Å². The molecule has 2 aliphatic heterocycles. The number of carbonyl (C=O) groups excluding carboxylic acids is 2. The fraction of sp³-hybridized carbons (Fsp3) is 0.346. The molecule has 182 valence electrons. The average Bonchev–Trinajstić information content (AvgIpc) is 2.88. The first-order valence-corrected chi connectivity index (χ1v) is 12.8. The van der Waals surface area contributed by atoms with Gasteiger partial charge in [-0.3, -0.25) is 9.59 Å². The Bertz CT molecular complexity index is 1300. The van der Waals surface area contributed by atoms with Crippen molar-refractivity contribution in [1.82, 2.24) is 15.2 Å². The molecule has 5 rings (SSSR count). The lowest BCUT2D eigenvalue weighted by molar-refractivity contribution is -0.0247. The Morgan fingerprint density at radius 3 is 2.74 bits per heavy atom. The van der Waals surface area contributed by atoms with Crippen LogP contribution < -0.4 is 19.5 Å². The second kappa shape index (κ2) is 9.30. The van der Waals surface area contributed by atoms with E-state index in [2.05, 4.69) is 5.32 Å². The summed E-state index contributed by atoms with van der Waals surface area (Å²) in [7, 11) is 1.59. The number of nitrogens with one attached hydrogen (secondary N) is 1. The molecule has 0 aliphatic carbocycles. The number of amides is 2. The summed E-state index contributed by atoms with van der Waals surface area (Å²) >= 11 is 1.58. The number of aromatic nitrogens is 1. The summed E-state index contributed by atoms with van der Waals surface area (Å²) in [6.45, 7) is 3.27. The Balaban J connectivity index is 1.35. The number of nitrogens with zero attached hydrogens (tertiary/aromatic N) is 2. The third-order valence-electron chi connectivity index (χ3n) is 6.44. The summed E-state index contributed by atoms with van der Waals surface area (Å²) in [5.74, 6) is 1.42. The molecular formula is C26H27N3O5S. The van der Waals surface area contributed by atoms with E-state index in [9.17, 15) is 9.59 Å². The molecule has 35 heavy (non-hydrogen) atoms. The van der Waals surface area contributed by atoms with Crippen LogP contribution in [0.1, 0.15) is 40.6 Å². The van der Waals surface area contributed by atoms with Crippen molar-refractivity contribution in [2.75, 3.05) is 33.1 Å². The molecule has 1 fully saturated rings. The van der Waals surface area contributed by atoms with E-state index in [0.29, 0.717) is 61.0 Å². The molecule has 0 radical (unpaired) electrons. The predicted molar refractivity (Wildman–Crippen MR) is 134 cm³/mol. The van der Waals surface area contributed by atoms with Crippen LogP contribution >= 0.6 is 11.8 Å². The fourth-order valence-electron chi connectivity index (χ4n) is 4.64. The number of fused-ring (bicyclic) bond motifs is 2. The molecule has 1 spiro atoms. The molecule has 0 unspecified atom stereocenters. The Morgan fingerprint density at radius 2 is 2.03 bits per heavy atom.